The monoisotopic (exact) mass is 561 g/mol. The van der Waals surface area contributed by atoms with Crippen molar-refractivity contribution in [2.24, 2.45) is 0 Å². The molecule has 1 fully saturated rings. The van der Waals surface area contributed by atoms with Gasteiger partial charge < -0.3 is 15.2 Å². The van der Waals surface area contributed by atoms with Crippen LogP contribution in [0.2, 0.25) is 0 Å². The van der Waals surface area contributed by atoms with E-state index in [0.717, 1.165) is 56.4 Å². The number of hydrogen-bond donors (Lipinski definition) is 3. The van der Waals surface area contributed by atoms with Gasteiger partial charge in [0.05, 0.1) is 5.69 Å². The Hall–Kier alpha value is -3.98. The number of piperazine rings is 1. The largest absolute Gasteiger partial charge is 0.490 e. The van der Waals surface area contributed by atoms with E-state index in [1.807, 2.05) is 36.7 Å². The smallest absolute Gasteiger partial charge is 0.475 e. The van der Waals surface area contributed by atoms with Crippen LogP contribution in [0.4, 0.5) is 26.3 Å². The normalized spacial score (nSPS) is 14.4. The number of nitrogens with one attached hydrogen (secondary N) is 1. The van der Waals surface area contributed by atoms with Crippen molar-refractivity contribution in [3.63, 3.8) is 0 Å². The Balaban J connectivity index is 0.000000317. The molecule has 15 heteroatoms. The summed E-state index contributed by atoms with van der Waals surface area (Å²) < 4.78 is 63.5. The highest BCUT2D eigenvalue weighted by Crippen LogP contribution is 2.17. The SMILES string of the molecule is O=C(O)C(F)(F)F.O=C(O)C(F)(F)F.c1ccc(-c2ncc(CN3CCN(Cc4ccccn4)CC3)[nH]2)cc1. The molecule has 212 valence electrons. The molecule has 0 unspecified atom stereocenters. The Bertz CT molecular complexity index is 1140. The number of imidazole rings is 1. The number of rotatable bonds is 5. The van der Waals surface area contributed by atoms with E-state index in [9.17, 15) is 26.3 Å². The van der Waals surface area contributed by atoms with Gasteiger partial charge in [-0.1, -0.05) is 36.4 Å². The lowest BCUT2D eigenvalue weighted by Crippen LogP contribution is -2.45. The molecule has 1 saturated heterocycles. The first-order valence-corrected chi connectivity index (χ1v) is 11.3. The number of carboxylic acid groups (broad SMARTS) is 2. The van der Waals surface area contributed by atoms with Gasteiger partial charge in [-0.2, -0.15) is 26.3 Å². The number of H-pyrrole nitrogens is 1. The average Bonchev–Trinajstić information content (AvgIpc) is 3.35. The lowest BCUT2D eigenvalue weighted by Gasteiger charge is -2.34. The van der Waals surface area contributed by atoms with E-state index in [2.05, 4.69) is 49.0 Å². The van der Waals surface area contributed by atoms with Crippen molar-refractivity contribution >= 4 is 11.9 Å². The van der Waals surface area contributed by atoms with Crippen LogP contribution in [0.1, 0.15) is 11.4 Å². The zero-order chi connectivity index (χ0) is 29.1. The van der Waals surface area contributed by atoms with Gasteiger partial charge in [-0.05, 0) is 12.1 Å². The molecule has 1 aliphatic rings. The van der Waals surface area contributed by atoms with Crippen molar-refractivity contribution in [3.8, 4) is 11.4 Å². The summed E-state index contributed by atoms with van der Waals surface area (Å²) in [5, 5.41) is 14.2. The number of aliphatic carboxylic acids is 2. The highest BCUT2D eigenvalue weighted by molar-refractivity contribution is 5.73. The fraction of sp³-hybridized carbons (Fsp3) is 0.333. The van der Waals surface area contributed by atoms with Gasteiger partial charge in [0.2, 0.25) is 0 Å². The van der Waals surface area contributed by atoms with E-state index >= 15 is 0 Å². The summed E-state index contributed by atoms with van der Waals surface area (Å²) in [6.07, 6.45) is -6.34. The molecular formula is C24H25F6N5O4. The molecule has 0 amide bonds. The molecule has 2 aromatic heterocycles. The maximum Gasteiger partial charge on any atom is 0.490 e. The molecule has 0 atom stereocenters. The average molecular weight is 561 g/mol. The number of carbonyl (C=O) groups is 2. The molecule has 3 N–H and O–H groups in total. The molecule has 1 aliphatic heterocycles. The highest BCUT2D eigenvalue weighted by Gasteiger charge is 2.38. The molecule has 3 heterocycles. The van der Waals surface area contributed by atoms with Crippen molar-refractivity contribution in [1.29, 1.82) is 0 Å². The van der Waals surface area contributed by atoms with E-state index in [1.54, 1.807) is 0 Å². The minimum atomic E-state index is -5.08. The zero-order valence-electron chi connectivity index (χ0n) is 20.3. The Morgan fingerprint density at radius 1 is 0.769 bits per heavy atom. The van der Waals surface area contributed by atoms with E-state index in [-0.39, 0.29) is 0 Å². The summed E-state index contributed by atoms with van der Waals surface area (Å²) in [7, 11) is 0. The molecule has 3 aromatic rings. The Labute approximate surface area is 218 Å². The van der Waals surface area contributed by atoms with Crippen LogP contribution in [-0.2, 0) is 22.7 Å². The standard InChI is InChI=1S/C20H23N5.2C2HF3O2/c1-2-6-17(7-3-1)20-22-14-19(23-20)16-25-12-10-24(11-13-25)15-18-8-4-5-9-21-18;2*3-2(4,5)1(6)7/h1-9,14H,10-13,15-16H2,(H,22,23);2*(H,6,7). The predicted molar refractivity (Wildman–Crippen MR) is 126 cm³/mol. The van der Waals surface area contributed by atoms with Gasteiger partial charge in [-0.3, -0.25) is 14.8 Å². The third kappa shape index (κ3) is 11.5. The van der Waals surface area contributed by atoms with Crippen LogP contribution in [0.5, 0.6) is 0 Å². The third-order valence-electron chi connectivity index (χ3n) is 5.13. The van der Waals surface area contributed by atoms with E-state index in [1.165, 1.54) is 5.69 Å². The number of pyridine rings is 1. The molecule has 0 saturated carbocycles. The van der Waals surface area contributed by atoms with Crippen molar-refractivity contribution in [2.75, 3.05) is 26.2 Å². The second-order valence-corrected chi connectivity index (χ2v) is 8.10. The number of nitrogens with zero attached hydrogens (tertiary/aromatic N) is 4. The molecule has 4 rings (SSSR count). The van der Waals surface area contributed by atoms with Crippen molar-refractivity contribution in [1.82, 2.24) is 24.8 Å². The second-order valence-electron chi connectivity index (χ2n) is 8.10. The Morgan fingerprint density at radius 2 is 1.26 bits per heavy atom. The molecule has 39 heavy (non-hydrogen) atoms. The molecule has 0 spiro atoms. The molecule has 0 bridgehead atoms. The highest BCUT2D eigenvalue weighted by atomic mass is 19.4. The van der Waals surface area contributed by atoms with E-state index < -0.39 is 24.3 Å². The first-order valence-electron chi connectivity index (χ1n) is 11.3. The van der Waals surface area contributed by atoms with Crippen molar-refractivity contribution in [3.05, 3.63) is 72.3 Å². The van der Waals surface area contributed by atoms with Gasteiger partial charge in [-0.15, -0.1) is 0 Å². The van der Waals surface area contributed by atoms with Crippen LogP contribution in [-0.4, -0.2) is 85.4 Å². The topological polar surface area (TPSA) is 123 Å². The number of benzene rings is 1. The lowest BCUT2D eigenvalue weighted by atomic mass is 10.2. The second kappa shape index (κ2) is 14.2. The number of aromatic nitrogens is 3. The summed E-state index contributed by atoms with van der Waals surface area (Å²) in [5.74, 6) is -4.57. The van der Waals surface area contributed by atoms with Gasteiger partial charge >= 0.3 is 24.3 Å². The number of carboxylic acids is 2. The fourth-order valence-electron chi connectivity index (χ4n) is 3.25. The lowest BCUT2D eigenvalue weighted by molar-refractivity contribution is -0.193. The van der Waals surface area contributed by atoms with Gasteiger partial charge in [0.15, 0.2) is 0 Å². The van der Waals surface area contributed by atoms with Gasteiger partial charge in [0, 0.05) is 62.9 Å². The summed E-state index contributed by atoms with van der Waals surface area (Å²) in [6, 6.07) is 16.4. The Kier molecular flexibility index (Phi) is 11.4. The fourth-order valence-corrected chi connectivity index (χ4v) is 3.25. The first-order chi connectivity index (χ1) is 18.3. The van der Waals surface area contributed by atoms with Gasteiger partial charge in [0.1, 0.15) is 5.82 Å². The number of alkyl halides is 6. The van der Waals surface area contributed by atoms with Gasteiger partial charge in [0.25, 0.3) is 0 Å². The van der Waals surface area contributed by atoms with E-state index in [0.29, 0.717) is 0 Å². The molecule has 0 radical (unpaired) electrons. The summed E-state index contributed by atoms with van der Waals surface area (Å²) in [4.78, 5) is 35.1. The number of halogens is 6. The van der Waals surface area contributed by atoms with Crippen LogP contribution in [0.15, 0.2) is 60.9 Å². The number of aromatic amines is 1. The molecule has 9 nitrogen and oxygen atoms in total. The quantitative estimate of drug-likeness (QED) is 0.399. The van der Waals surface area contributed by atoms with Crippen LogP contribution in [0, 0.1) is 0 Å². The minimum Gasteiger partial charge on any atom is -0.475 e. The molecular weight excluding hydrogens is 536 g/mol. The third-order valence-corrected chi connectivity index (χ3v) is 5.13. The summed E-state index contributed by atoms with van der Waals surface area (Å²) >= 11 is 0. The molecule has 0 aliphatic carbocycles. The zero-order valence-corrected chi connectivity index (χ0v) is 20.3. The van der Waals surface area contributed by atoms with Gasteiger partial charge in [-0.25, -0.2) is 14.6 Å². The van der Waals surface area contributed by atoms with Crippen LogP contribution >= 0.6 is 0 Å². The van der Waals surface area contributed by atoms with Crippen LogP contribution < -0.4 is 0 Å². The van der Waals surface area contributed by atoms with Crippen molar-refractivity contribution in [2.45, 2.75) is 25.4 Å². The van der Waals surface area contributed by atoms with Crippen LogP contribution in [0.25, 0.3) is 11.4 Å². The minimum absolute atomic E-state index is 0.928. The first kappa shape index (κ1) is 31.2. The molecule has 1 aromatic carbocycles. The van der Waals surface area contributed by atoms with Crippen LogP contribution in [0.3, 0.4) is 0 Å². The summed E-state index contributed by atoms with van der Waals surface area (Å²) in [6.45, 7) is 6.18. The van der Waals surface area contributed by atoms with E-state index in [4.69, 9.17) is 19.8 Å². The summed E-state index contributed by atoms with van der Waals surface area (Å²) in [5.41, 5.74) is 3.46. The maximum absolute atomic E-state index is 10.6. The number of hydrogen-bond acceptors (Lipinski definition) is 6. The maximum atomic E-state index is 10.6. The van der Waals surface area contributed by atoms with Crippen molar-refractivity contribution < 1.29 is 46.1 Å². The predicted octanol–water partition coefficient (Wildman–Crippen LogP) is 4.06. The Morgan fingerprint density at radius 3 is 1.72 bits per heavy atom.